The summed E-state index contributed by atoms with van der Waals surface area (Å²) in [7, 11) is 1.71. The number of nitrogens with zero attached hydrogens (tertiary/aromatic N) is 2. The van der Waals surface area contributed by atoms with E-state index in [1.165, 1.54) is 11.3 Å². The third-order valence-electron chi connectivity index (χ3n) is 3.10. The fourth-order valence-corrected chi connectivity index (χ4v) is 2.17. The van der Waals surface area contributed by atoms with Gasteiger partial charge in [-0.25, -0.2) is 0 Å². The van der Waals surface area contributed by atoms with Crippen molar-refractivity contribution in [3.63, 3.8) is 0 Å². The van der Waals surface area contributed by atoms with Crippen molar-refractivity contribution in [3.8, 4) is 0 Å². The second-order valence-electron chi connectivity index (χ2n) is 4.19. The molecule has 0 saturated carbocycles. The van der Waals surface area contributed by atoms with E-state index in [0.29, 0.717) is 6.61 Å². The molecule has 4 heteroatoms. The van der Waals surface area contributed by atoms with Gasteiger partial charge in [0.15, 0.2) is 0 Å². The molecule has 0 spiro atoms. The Bertz CT molecular complexity index is 373. The lowest BCUT2D eigenvalue weighted by molar-refractivity contribution is -0.118. The quantitative estimate of drug-likeness (QED) is 0.732. The van der Waals surface area contributed by atoms with Crippen LogP contribution in [0.4, 0.5) is 5.69 Å². The van der Waals surface area contributed by atoms with E-state index >= 15 is 0 Å². The van der Waals surface area contributed by atoms with Crippen LogP contribution in [-0.4, -0.2) is 44.6 Å². The number of piperazine rings is 1. The van der Waals surface area contributed by atoms with Crippen LogP contribution < -0.4 is 4.90 Å². The number of hydrogen-bond acceptors (Lipinski definition) is 3. The summed E-state index contributed by atoms with van der Waals surface area (Å²) in [5, 5.41) is 0. The van der Waals surface area contributed by atoms with E-state index in [1.54, 1.807) is 7.11 Å². The number of carbonyl (C=O) groups is 1. The summed E-state index contributed by atoms with van der Waals surface area (Å²) in [5.41, 5.74) is 2.43. The maximum atomic E-state index is 10.7. The monoisotopic (exact) mass is 234 g/mol. The molecule has 1 aliphatic rings. The molecule has 1 amide bonds. The van der Waals surface area contributed by atoms with E-state index in [9.17, 15) is 4.79 Å². The summed E-state index contributed by atoms with van der Waals surface area (Å²) < 4.78 is 5.21. The average molecular weight is 234 g/mol. The molecule has 17 heavy (non-hydrogen) atoms. The van der Waals surface area contributed by atoms with E-state index in [2.05, 4.69) is 17.0 Å². The number of para-hydroxylation sites is 1. The Balaban J connectivity index is 2.09. The van der Waals surface area contributed by atoms with Crippen LogP contribution in [0.25, 0.3) is 0 Å². The minimum Gasteiger partial charge on any atom is -0.380 e. The molecule has 0 radical (unpaired) electrons. The van der Waals surface area contributed by atoms with Gasteiger partial charge in [-0.05, 0) is 6.07 Å². The highest BCUT2D eigenvalue weighted by Gasteiger charge is 2.17. The number of anilines is 1. The zero-order valence-corrected chi connectivity index (χ0v) is 10.1. The van der Waals surface area contributed by atoms with Gasteiger partial charge >= 0.3 is 0 Å². The number of hydrogen-bond donors (Lipinski definition) is 0. The first-order valence-electron chi connectivity index (χ1n) is 5.86. The molecule has 1 aromatic carbocycles. The number of benzene rings is 1. The predicted octanol–water partition coefficient (Wildman–Crippen LogP) is 1.11. The van der Waals surface area contributed by atoms with Crippen molar-refractivity contribution in [1.82, 2.24) is 4.90 Å². The lowest BCUT2D eigenvalue weighted by Gasteiger charge is -2.35. The van der Waals surface area contributed by atoms with Gasteiger partial charge in [-0.2, -0.15) is 0 Å². The molecule has 1 aliphatic heterocycles. The van der Waals surface area contributed by atoms with Gasteiger partial charge in [0, 0.05) is 44.5 Å². The molecule has 4 nitrogen and oxygen atoms in total. The molecule has 0 atom stereocenters. The SMILES string of the molecule is COCc1ccccc1N1CCN(C=O)CC1. The topological polar surface area (TPSA) is 32.8 Å². The Morgan fingerprint density at radius 3 is 2.59 bits per heavy atom. The van der Waals surface area contributed by atoms with Crippen molar-refractivity contribution in [2.75, 3.05) is 38.2 Å². The second kappa shape index (κ2) is 5.68. The smallest absolute Gasteiger partial charge is 0.209 e. The number of carbonyl (C=O) groups excluding carboxylic acids is 1. The highest BCUT2D eigenvalue weighted by molar-refractivity contribution is 5.55. The summed E-state index contributed by atoms with van der Waals surface area (Å²) in [6.07, 6.45) is 0.929. The van der Waals surface area contributed by atoms with Crippen LogP contribution in [0, 0.1) is 0 Å². The molecule has 0 aliphatic carbocycles. The Kier molecular flexibility index (Phi) is 3.98. The van der Waals surface area contributed by atoms with Crippen molar-refractivity contribution >= 4 is 12.1 Å². The third kappa shape index (κ3) is 2.77. The first-order valence-corrected chi connectivity index (χ1v) is 5.86. The van der Waals surface area contributed by atoms with E-state index in [0.717, 1.165) is 32.6 Å². The molecule has 1 heterocycles. The fraction of sp³-hybridized carbons (Fsp3) is 0.462. The lowest BCUT2D eigenvalue weighted by atomic mass is 10.1. The average Bonchev–Trinajstić information content (AvgIpc) is 2.40. The molecular formula is C13H18N2O2. The zero-order valence-electron chi connectivity index (χ0n) is 10.1. The van der Waals surface area contributed by atoms with Crippen molar-refractivity contribution in [3.05, 3.63) is 29.8 Å². The normalized spacial score (nSPS) is 16.1. The first kappa shape index (κ1) is 11.9. The molecule has 0 N–H and O–H groups in total. The van der Waals surface area contributed by atoms with Gasteiger partial charge in [-0.15, -0.1) is 0 Å². The Morgan fingerprint density at radius 1 is 1.24 bits per heavy atom. The Morgan fingerprint density at radius 2 is 1.94 bits per heavy atom. The molecule has 0 unspecified atom stereocenters. The van der Waals surface area contributed by atoms with Gasteiger partial charge in [0.05, 0.1) is 6.61 Å². The number of amides is 1. The van der Waals surface area contributed by atoms with E-state index in [4.69, 9.17) is 4.74 Å². The lowest BCUT2D eigenvalue weighted by Crippen LogP contribution is -2.46. The van der Waals surface area contributed by atoms with Crippen LogP contribution in [0.2, 0.25) is 0 Å². The molecular weight excluding hydrogens is 216 g/mol. The second-order valence-corrected chi connectivity index (χ2v) is 4.19. The minimum absolute atomic E-state index is 0.629. The largest absolute Gasteiger partial charge is 0.380 e. The summed E-state index contributed by atoms with van der Waals surface area (Å²) in [4.78, 5) is 14.8. The van der Waals surface area contributed by atoms with Gasteiger partial charge in [0.1, 0.15) is 0 Å². The molecule has 1 aromatic rings. The minimum atomic E-state index is 0.629. The van der Waals surface area contributed by atoms with Gasteiger partial charge in [-0.3, -0.25) is 4.79 Å². The van der Waals surface area contributed by atoms with Crippen LogP contribution in [-0.2, 0) is 16.1 Å². The number of ether oxygens (including phenoxy) is 1. The highest BCUT2D eigenvalue weighted by Crippen LogP contribution is 2.22. The number of methoxy groups -OCH3 is 1. The third-order valence-corrected chi connectivity index (χ3v) is 3.10. The van der Waals surface area contributed by atoms with Crippen molar-refractivity contribution in [2.45, 2.75) is 6.61 Å². The molecule has 1 fully saturated rings. The number of rotatable bonds is 4. The van der Waals surface area contributed by atoms with Crippen LogP contribution in [0.3, 0.4) is 0 Å². The van der Waals surface area contributed by atoms with E-state index in [1.807, 2.05) is 17.0 Å². The van der Waals surface area contributed by atoms with Crippen LogP contribution >= 0.6 is 0 Å². The van der Waals surface area contributed by atoms with Crippen LogP contribution in [0.1, 0.15) is 5.56 Å². The summed E-state index contributed by atoms with van der Waals surface area (Å²) in [6.45, 7) is 4.00. The summed E-state index contributed by atoms with van der Waals surface area (Å²) >= 11 is 0. The zero-order chi connectivity index (χ0) is 12.1. The molecule has 0 aromatic heterocycles. The maximum absolute atomic E-state index is 10.7. The van der Waals surface area contributed by atoms with E-state index in [-0.39, 0.29) is 0 Å². The van der Waals surface area contributed by atoms with E-state index < -0.39 is 0 Å². The van der Waals surface area contributed by atoms with Gasteiger partial charge in [0.2, 0.25) is 6.41 Å². The standard InChI is InChI=1S/C13H18N2O2/c1-17-10-12-4-2-3-5-13(12)15-8-6-14(11-16)7-9-15/h2-5,11H,6-10H2,1H3. The van der Waals surface area contributed by atoms with Crippen molar-refractivity contribution in [1.29, 1.82) is 0 Å². The van der Waals surface area contributed by atoms with Gasteiger partial charge in [-0.1, -0.05) is 18.2 Å². The molecule has 0 bridgehead atoms. The predicted molar refractivity (Wildman–Crippen MR) is 67.0 cm³/mol. The molecule has 2 rings (SSSR count). The van der Waals surface area contributed by atoms with Gasteiger partial charge < -0.3 is 14.5 Å². The van der Waals surface area contributed by atoms with Crippen LogP contribution in [0.15, 0.2) is 24.3 Å². The summed E-state index contributed by atoms with van der Waals surface area (Å²) in [6, 6.07) is 8.27. The van der Waals surface area contributed by atoms with Crippen molar-refractivity contribution < 1.29 is 9.53 Å². The maximum Gasteiger partial charge on any atom is 0.209 e. The van der Waals surface area contributed by atoms with Gasteiger partial charge in [0.25, 0.3) is 0 Å². The summed E-state index contributed by atoms with van der Waals surface area (Å²) in [5.74, 6) is 0. The first-order chi connectivity index (χ1) is 8.35. The Labute approximate surface area is 102 Å². The fourth-order valence-electron chi connectivity index (χ4n) is 2.17. The Hall–Kier alpha value is -1.55. The molecule has 92 valence electrons. The van der Waals surface area contributed by atoms with Crippen molar-refractivity contribution in [2.24, 2.45) is 0 Å². The highest BCUT2D eigenvalue weighted by atomic mass is 16.5. The van der Waals surface area contributed by atoms with Crippen LogP contribution in [0.5, 0.6) is 0 Å². The molecule has 1 saturated heterocycles.